The van der Waals surface area contributed by atoms with Crippen molar-refractivity contribution < 1.29 is 9.59 Å². The molecular formula is C25H32N4O2. The molecule has 1 unspecified atom stereocenters. The molecule has 0 bridgehead atoms. The molecule has 2 amide bonds. The van der Waals surface area contributed by atoms with Gasteiger partial charge in [0.2, 0.25) is 5.91 Å². The maximum Gasteiger partial charge on any atom is 0.257 e. The average Bonchev–Trinajstić information content (AvgIpc) is 3.20. The topological polar surface area (TPSA) is 65.5 Å². The maximum atomic E-state index is 12.8. The van der Waals surface area contributed by atoms with E-state index in [1.54, 1.807) is 12.4 Å². The van der Waals surface area contributed by atoms with Crippen LogP contribution >= 0.6 is 0 Å². The molecule has 6 heteroatoms. The van der Waals surface area contributed by atoms with Crippen LogP contribution in [0.5, 0.6) is 0 Å². The minimum atomic E-state index is -0.149. The molecule has 2 aliphatic heterocycles. The summed E-state index contributed by atoms with van der Waals surface area (Å²) in [5, 5.41) is 2.97. The van der Waals surface area contributed by atoms with Gasteiger partial charge < -0.3 is 10.2 Å². The van der Waals surface area contributed by atoms with E-state index in [-0.39, 0.29) is 11.8 Å². The van der Waals surface area contributed by atoms with Crippen molar-refractivity contribution >= 4 is 17.5 Å². The number of anilines is 1. The highest BCUT2D eigenvalue weighted by Crippen LogP contribution is 2.26. The lowest BCUT2D eigenvalue weighted by Gasteiger charge is -2.34. The fourth-order valence-electron chi connectivity index (χ4n) is 4.72. The van der Waals surface area contributed by atoms with E-state index in [0.29, 0.717) is 17.5 Å². The van der Waals surface area contributed by atoms with Gasteiger partial charge in [0, 0.05) is 43.1 Å². The molecule has 1 aromatic heterocycles. The van der Waals surface area contributed by atoms with Crippen LogP contribution in [-0.2, 0) is 11.3 Å². The van der Waals surface area contributed by atoms with Crippen molar-refractivity contribution in [2.45, 2.75) is 52.1 Å². The van der Waals surface area contributed by atoms with Gasteiger partial charge in [-0.05, 0) is 81.9 Å². The van der Waals surface area contributed by atoms with E-state index < -0.39 is 0 Å². The van der Waals surface area contributed by atoms with Crippen molar-refractivity contribution in [3.05, 3.63) is 59.4 Å². The molecule has 164 valence electrons. The molecule has 0 aliphatic carbocycles. The summed E-state index contributed by atoms with van der Waals surface area (Å²) in [6, 6.07) is 10.2. The SMILES string of the molecule is Cc1cncc(C(=O)Nc2cccc(CN3CCC(C(=O)N4CCCC4C)CC3)c2)c1. The molecule has 2 aliphatic rings. The monoisotopic (exact) mass is 420 g/mol. The molecule has 31 heavy (non-hydrogen) atoms. The maximum absolute atomic E-state index is 12.8. The molecule has 2 fully saturated rings. The van der Waals surface area contributed by atoms with Crippen LogP contribution in [0.4, 0.5) is 5.69 Å². The van der Waals surface area contributed by atoms with Gasteiger partial charge in [0.1, 0.15) is 0 Å². The lowest BCUT2D eigenvalue weighted by atomic mass is 9.94. The Morgan fingerprint density at radius 3 is 2.61 bits per heavy atom. The minimum absolute atomic E-state index is 0.149. The summed E-state index contributed by atoms with van der Waals surface area (Å²) in [4.78, 5) is 33.9. The van der Waals surface area contributed by atoms with Crippen LogP contribution in [0, 0.1) is 12.8 Å². The molecule has 1 atom stereocenters. The Kier molecular flexibility index (Phi) is 6.66. The van der Waals surface area contributed by atoms with E-state index >= 15 is 0 Å². The van der Waals surface area contributed by atoms with Crippen LogP contribution in [0.25, 0.3) is 0 Å². The molecule has 0 saturated carbocycles. The zero-order chi connectivity index (χ0) is 21.8. The molecule has 0 radical (unpaired) electrons. The van der Waals surface area contributed by atoms with Gasteiger partial charge in [-0.3, -0.25) is 19.5 Å². The van der Waals surface area contributed by atoms with E-state index in [4.69, 9.17) is 0 Å². The summed E-state index contributed by atoms with van der Waals surface area (Å²) in [5.41, 5.74) is 3.47. The Morgan fingerprint density at radius 1 is 1.10 bits per heavy atom. The van der Waals surface area contributed by atoms with Crippen molar-refractivity contribution in [1.29, 1.82) is 0 Å². The van der Waals surface area contributed by atoms with E-state index in [9.17, 15) is 9.59 Å². The second kappa shape index (κ2) is 9.60. The van der Waals surface area contributed by atoms with Crippen LogP contribution < -0.4 is 5.32 Å². The lowest BCUT2D eigenvalue weighted by molar-refractivity contribution is -0.137. The van der Waals surface area contributed by atoms with Crippen molar-refractivity contribution in [1.82, 2.24) is 14.8 Å². The highest BCUT2D eigenvalue weighted by molar-refractivity contribution is 6.04. The Morgan fingerprint density at radius 2 is 1.90 bits per heavy atom. The van der Waals surface area contributed by atoms with Gasteiger partial charge in [-0.2, -0.15) is 0 Å². The third kappa shape index (κ3) is 5.31. The predicted molar refractivity (Wildman–Crippen MR) is 122 cm³/mol. The van der Waals surface area contributed by atoms with Crippen molar-refractivity contribution in [3.63, 3.8) is 0 Å². The molecule has 6 nitrogen and oxygen atoms in total. The molecule has 2 aromatic rings. The van der Waals surface area contributed by atoms with Gasteiger partial charge in [-0.25, -0.2) is 0 Å². The number of rotatable bonds is 5. The third-order valence-electron chi connectivity index (χ3n) is 6.50. The number of aryl methyl sites for hydroxylation is 1. The van der Waals surface area contributed by atoms with Crippen LogP contribution in [0.3, 0.4) is 0 Å². The molecule has 4 rings (SSSR count). The molecule has 2 saturated heterocycles. The van der Waals surface area contributed by atoms with Crippen LogP contribution in [-0.4, -0.2) is 52.3 Å². The number of benzene rings is 1. The lowest BCUT2D eigenvalue weighted by Crippen LogP contribution is -2.43. The molecule has 1 N–H and O–H groups in total. The standard InChI is InChI=1S/C25H32N4O2/c1-18-13-22(16-26-15-18)24(30)27-23-7-3-6-20(14-23)17-28-11-8-21(9-12-28)25(31)29-10-4-5-19(29)2/h3,6-7,13-16,19,21H,4-5,8-12,17H2,1-2H3,(H,27,30). The highest BCUT2D eigenvalue weighted by Gasteiger charge is 2.32. The first-order valence-corrected chi connectivity index (χ1v) is 11.3. The largest absolute Gasteiger partial charge is 0.340 e. The number of nitrogens with zero attached hydrogens (tertiary/aromatic N) is 3. The summed E-state index contributed by atoms with van der Waals surface area (Å²) < 4.78 is 0. The number of pyridine rings is 1. The number of aromatic nitrogens is 1. The fraction of sp³-hybridized carbons (Fsp3) is 0.480. The number of nitrogens with one attached hydrogen (secondary N) is 1. The Bertz CT molecular complexity index is 937. The second-order valence-electron chi connectivity index (χ2n) is 8.98. The number of carbonyl (C=O) groups is 2. The third-order valence-corrected chi connectivity index (χ3v) is 6.50. The van der Waals surface area contributed by atoms with Crippen LogP contribution in [0.15, 0.2) is 42.7 Å². The van der Waals surface area contributed by atoms with E-state index in [0.717, 1.165) is 68.7 Å². The smallest absolute Gasteiger partial charge is 0.257 e. The number of carbonyl (C=O) groups excluding carboxylic acids is 2. The van der Waals surface area contributed by atoms with E-state index in [1.165, 1.54) is 0 Å². The van der Waals surface area contributed by atoms with Crippen LogP contribution in [0.2, 0.25) is 0 Å². The highest BCUT2D eigenvalue weighted by atomic mass is 16.2. The summed E-state index contributed by atoms with van der Waals surface area (Å²) in [6.45, 7) is 7.72. The molecule has 3 heterocycles. The number of likely N-dealkylation sites (tertiary alicyclic amines) is 2. The number of amides is 2. The second-order valence-corrected chi connectivity index (χ2v) is 8.98. The Balaban J connectivity index is 1.30. The normalized spacial score (nSPS) is 20.1. The first-order valence-electron chi connectivity index (χ1n) is 11.3. The molecule has 0 spiro atoms. The summed E-state index contributed by atoms with van der Waals surface area (Å²) >= 11 is 0. The first kappa shape index (κ1) is 21.5. The van der Waals surface area contributed by atoms with Gasteiger partial charge >= 0.3 is 0 Å². The van der Waals surface area contributed by atoms with Gasteiger partial charge in [0.15, 0.2) is 0 Å². The quantitative estimate of drug-likeness (QED) is 0.798. The fourth-order valence-corrected chi connectivity index (χ4v) is 4.72. The summed E-state index contributed by atoms with van der Waals surface area (Å²) in [7, 11) is 0. The van der Waals surface area contributed by atoms with Gasteiger partial charge in [-0.1, -0.05) is 12.1 Å². The van der Waals surface area contributed by atoms with Crippen molar-refractivity contribution in [3.8, 4) is 0 Å². The zero-order valence-electron chi connectivity index (χ0n) is 18.5. The molecule has 1 aromatic carbocycles. The van der Waals surface area contributed by atoms with Gasteiger partial charge in [0.25, 0.3) is 5.91 Å². The number of hydrogen-bond acceptors (Lipinski definition) is 4. The summed E-state index contributed by atoms with van der Waals surface area (Å²) in [5.74, 6) is 0.383. The first-order chi connectivity index (χ1) is 15.0. The van der Waals surface area contributed by atoms with Crippen molar-refractivity contribution in [2.75, 3.05) is 25.0 Å². The number of hydrogen-bond donors (Lipinski definition) is 1. The van der Waals surface area contributed by atoms with E-state index in [2.05, 4.69) is 33.1 Å². The van der Waals surface area contributed by atoms with Crippen molar-refractivity contribution in [2.24, 2.45) is 5.92 Å². The predicted octanol–water partition coefficient (Wildman–Crippen LogP) is 3.87. The average molecular weight is 421 g/mol. The van der Waals surface area contributed by atoms with E-state index in [1.807, 2.05) is 31.2 Å². The van der Waals surface area contributed by atoms with Crippen LogP contribution in [0.1, 0.15) is 54.1 Å². The molecular weight excluding hydrogens is 388 g/mol. The Hall–Kier alpha value is -2.73. The van der Waals surface area contributed by atoms with Gasteiger partial charge in [0.05, 0.1) is 5.56 Å². The zero-order valence-corrected chi connectivity index (χ0v) is 18.5. The number of piperidine rings is 1. The minimum Gasteiger partial charge on any atom is -0.340 e. The van der Waals surface area contributed by atoms with Gasteiger partial charge in [-0.15, -0.1) is 0 Å². The summed E-state index contributed by atoms with van der Waals surface area (Å²) in [6.07, 6.45) is 7.45. The Labute approximate surface area is 184 Å².